The van der Waals surface area contributed by atoms with Crippen molar-refractivity contribution in [2.45, 2.75) is 25.7 Å². The summed E-state index contributed by atoms with van der Waals surface area (Å²) in [6, 6.07) is 0. The molecule has 13 heavy (non-hydrogen) atoms. The van der Waals surface area contributed by atoms with Crippen LogP contribution in [-0.4, -0.2) is 0 Å². The maximum absolute atomic E-state index is 2.42. The Labute approximate surface area is 80.3 Å². The lowest BCUT2D eigenvalue weighted by atomic mass is 10.0. The zero-order valence-electron chi connectivity index (χ0n) is 7.95. The summed E-state index contributed by atoms with van der Waals surface area (Å²) >= 11 is 0. The fourth-order valence-corrected chi connectivity index (χ4v) is 2.02. The van der Waals surface area contributed by atoms with E-state index >= 15 is 0 Å². The molecule has 0 aromatic heterocycles. The Bertz CT molecular complexity index is 252. The predicted octanol–water partition coefficient (Wildman–Crippen LogP) is 3.79. The molecule has 0 amide bonds. The average molecular weight is 172 g/mol. The van der Waals surface area contributed by atoms with Crippen LogP contribution in [0.2, 0.25) is 0 Å². The average Bonchev–Trinajstić information content (AvgIpc) is 2.49. The van der Waals surface area contributed by atoms with E-state index in [2.05, 4.69) is 42.5 Å². The molecule has 1 fully saturated rings. The number of rotatable bonds is 1. The van der Waals surface area contributed by atoms with E-state index in [0.717, 1.165) is 5.92 Å². The molecule has 68 valence electrons. The van der Waals surface area contributed by atoms with Gasteiger partial charge in [0.1, 0.15) is 0 Å². The standard InChI is InChI=1S/C13H16/c1-2-4-8-12(7-3-1)11-13-9-5-6-10-13/h1-4,7-8,11,13H,5-6,9-10H2. The normalized spacial score (nSPS) is 22.3. The van der Waals surface area contributed by atoms with Gasteiger partial charge in [-0.2, -0.15) is 0 Å². The Kier molecular flexibility index (Phi) is 2.81. The van der Waals surface area contributed by atoms with E-state index in [1.807, 2.05) is 0 Å². The minimum Gasteiger partial charge on any atom is -0.0741 e. The first kappa shape index (κ1) is 8.55. The van der Waals surface area contributed by atoms with Crippen LogP contribution in [0.25, 0.3) is 0 Å². The van der Waals surface area contributed by atoms with E-state index in [4.69, 9.17) is 0 Å². The SMILES string of the molecule is C1=CC=CC(=CC2CCCC2)C=C1. The Hall–Kier alpha value is -1.04. The van der Waals surface area contributed by atoms with Gasteiger partial charge in [-0.3, -0.25) is 0 Å². The van der Waals surface area contributed by atoms with Crippen molar-refractivity contribution >= 4 is 0 Å². The second-order valence-corrected chi connectivity index (χ2v) is 3.81. The van der Waals surface area contributed by atoms with E-state index in [9.17, 15) is 0 Å². The molecule has 0 saturated heterocycles. The highest BCUT2D eigenvalue weighted by atomic mass is 14.2. The van der Waals surface area contributed by atoms with Gasteiger partial charge in [0.05, 0.1) is 0 Å². The number of allylic oxidation sites excluding steroid dienone is 8. The molecule has 0 atom stereocenters. The molecule has 0 bridgehead atoms. The Morgan fingerprint density at radius 1 is 0.923 bits per heavy atom. The molecule has 2 aliphatic carbocycles. The molecular weight excluding hydrogens is 156 g/mol. The molecule has 0 N–H and O–H groups in total. The largest absolute Gasteiger partial charge is 0.0741 e. The first-order valence-electron chi connectivity index (χ1n) is 5.18. The van der Waals surface area contributed by atoms with E-state index in [-0.39, 0.29) is 0 Å². The van der Waals surface area contributed by atoms with Gasteiger partial charge in [0.15, 0.2) is 0 Å². The summed E-state index contributed by atoms with van der Waals surface area (Å²) in [6.07, 6.45) is 20.8. The summed E-state index contributed by atoms with van der Waals surface area (Å²) in [5.74, 6) is 0.836. The highest BCUT2D eigenvalue weighted by Crippen LogP contribution is 2.27. The summed E-state index contributed by atoms with van der Waals surface area (Å²) in [6.45, 7) is 0. The minimum absolute atomic E-state index is 0.836. The summed E-state index contributed by atoms with van der Waals surface area (Å²) in [5.41, 5.74) is 1.37. The van der Waals surface area contributed by atoms with Crippen LogP contribution in [0.4, 0.5) is 0 Å². The van der Waals surface area contributed by atoms with Crippen molar-refractivity contribution in [2.24, 2.45) is 5.92 Å². The quantitative estimate of drug-likeness (QED) is 0.564. The second-order valence-electron chi connectivity index (χ2n) is 3.81. The molecule has 0 aliphatic heterocycles. The van der Waals surface area contributed by atoms with Crippen molar-refractivity contribution in [3.8, 4) is 0 Å². The maximum atomic E-state index is 2.42. The summed E-state index contributed by atoms with van der Waals surface area (Å²) < 4.78 is 0. The topological polar surface area (TPSA) is 0 Å². The molecule has 0 radical (unpaired) electrons. The van der Waals surface area contributed by atoms with Crippen molar-refractivity contribution < 1.29 is 0 Å². The number of hydrogen-bond acceptors (Lipinski definition) is 0. The number of hydrogen-bond donors (Lipinski definition) is 0. The molecule has 0 unspecified atom stereocenters. The van der Waals surface area contributed by atoms with Crippen molar-refractivity contribution in [1.82, 2.24) is 0 Å². The molecule has 0 heterocycles. The fraction of sp³-hybridized carbons (Fsp3) is 0.385. The highest BCUT2D eigenvalue weighted by molar-refractivity contribution is 5.37. The highest BCUT2D eigenvalue weighted by Gasteiger charge is 2.11. The van der Waals surface area contributed by atoms with E-state index < -0.39 is 0 Å². The smallest absolute Gasteiger partial charge is 0.0225 e. The van der Waals surface area contributed by atoms with Crippen molar-refractivity contribution in [3.63, 3.8) is 0 Å². The lowest BCUT2D eigenvalue weighted by Crippen LogP contribution is -1.87. The monoisotopic (exact) mass is 172 g/mol. The van der Waals surface area contributed by atoms with E-state index in [1.165, 1.54) is 31.3 Å². The van der Waals surface area contributed by atoms with Gasteiger partial charge in [0.25, 0.3) is 0 Å². The van der Waals surface area contributed by atoms with Gasteiger partial charge in [-0.05, 0) is 24.3 Å². The predicted molar refractivity (Wildman–Crippen MR) is 57.5 cm³/mol. The Morgan fingerprint density at radius 2 is 1.54 bits per heavy atom. The van der Waals surface area contributed by atoms with Crippen LogP contribution in [0.3, 0.4) is 0 Å². The van der Waals surface area contributed by atoms with Gasteiger partial charge in [-0.1, -0.05) is 55.4 Å². The summed E-state index contributed by atoms with van der Waals surface area (Å²) in [4.78, 5) is 0. The van der Waals surface area contributed by atoms with Crippen LogP contribution in [0, 0.1) is 5.92 Å². The molecule has 2 aliphatic rings. The Balaban J connectivity index is 2.06. The third kappa shape index (κ3) is 2.45. The lowest BCUT2D eigenvalue weighted by molar-refractivity contribution is 0.683. The fourth-order valence-electron chi connectivity index (χ4n) is 2.02. The first-order valence-corrected chi connectivity index (χ1v) is 5.18. The molecular formula is C13H16. The molecule has 2 rings (SSSR count). The van der Waals surface area contributed by atoms with Crippen molar-refractivity contribution in [2.75, 3.05) is 0 Å². The van der Waals surface area contributed by atoms with Gasteiger partial charge < -0.3 is 0 Å². The van der Waals surface area contributed by atoms with Crippen molar-refractivity contribution in [1.29, 1.82) is 0 Å². The van der Waals surface area contributed by atoms with Gasteiger partial charge in [0.2, 0.25) is 0 Å². The van der Waals surface area contributed by atoms with Gasteiger partial charge in [0, 0.05) is 0 Å². The lowest BCUT2D eigenvalue weighted by Gasteiger charge is -2.02. The first-order chi connectivity index (χ1) is 6.45. The molecule has 0 aromatic rings. The Morgan fingerprint density at radius 3 is 2.15 bits per heavy atom. The van der Waals surface area contributed by atoms with Crippen LogP contribution in [0.1, 0.15) is 25.7 Å². The van der Waals surface area contributed by atoms with Crippen LogP contribution in [-0.2, 0) is 0 Å². The molecule has 0 nitrogen and oxygen atoms in total. The summed E-state index contributed by atoms with van der Waals surface area (Å²) in [5, 5.41) is 0. The van der Waals surface area contributed by atoms with E-state index in [0.29, 0.717) is 0 Å². The zero-order valence-corrected chi connectivity index (χ0v) is 7.95. The van der Waals surface area contributed by atoms with Crippen molar-refractivity contribution in [3.05, 3.63) is 48.1 Å². The minimum atomic E-state index is 0.836. The van der Waals surface area contributed by atoms with Gasteiger partial charge in [-0.25, -0.2) is 0 Å². The molecule has 1 saturated carbocycles. The third-order valence-electron chi connectivity index (χ3n) is 2.74. The zero-order chi connectivity index (χ0) is 8.93. The maximum Gasteiger partial charge on any atom is -0.0225 e. The molecule has 0 spiro atoms. The van der Waals surface area contributed by atoms with E-state index in [1.54, 1.807) is 0 Å². The molecule has 0 aromatic carbocycles. The van der Waals surface area contributed by atoms with Crippen LogP contribution in [0.15, 0.2) is 48.1 Å². The van der Waals surface area contributed by atoms with Gasteiger partial charge >= 0.3 is 0 Å². The van der Waals surface area contributed by atoms with Crippen LogP contribution < -0.4 is 0 Å². The van der Waals surface area contributed by atoms with Crippen LogP contribution >= 0.6 is 0 Å². The van der Waals surface area contributed by atoms with Crippen LogP contribution in [0.5, 0.6) is 0 Å². The second kappa shape index (κ2) is 4.27. The molecule has 0 heteroatoms. The summed E-state index contributed by atoms with van der Waals surface area (Å²) in [7, 11) is 0. The van der Waals surface area contributed by atoms with Gasteiger partial charge in [-0.15, -0.1) is 0 Å². The third-order valence-corrected chi connectivity index (χ3v) is 2.74.